The fourth-order valence-corrected chi connectivity index (χ4v) is 3.52. The monoisotopic (exact) mass is 292 g/mol. The summed E-state index contributed by atoms with van der Waals surface area (Å²) in [5.41, 5.74) is 3.47. The van der Waals surface area contributed by atoms with Gasteiger partial charge in [0.2, 0.25) is 0 Å². The molecular formula is C15H24N4S. The highest BCUT2D eigenvalue weighted by Crippen LogP contribution is 2.39. The van der Waals surface area contributed by atoms with Gasteiger partial charge in [-0.1, -0.05) is 33.1 Å². The van der Waals surface area contributed by atoms with Gasteiger partial charge in [-0.15, -0.1) is 0 Å². The van der Waals surface area contributed by atoms with Gasteiger partial charge in [0.05, 0.1) is 5.69 Å². The van der Waals surface area contributed by atoms with Crippen LogP contribution in [0.4, 0.5) is 0 Å². The van der Waals surface area contributed by atoms with Gasteiger partial charge >= 0.3 is 0 Å². The Bertz CT molecular complexity index is 659. The predicted octanol–water partition coefficient (Wildman–Crippen LogP) is 4.14. The van der Waals surface area contributed by atoms with Crippen molar-refractivity contribution in [2.24, 2.45) is 13.0 Å². The highest BCUT2D eigenvalue weighted by Gasteiger charge is 2.27. The molecule has 2 heterocycles. The Kier molecular flexibility index (Phi) is 3.71. The van der Waals surface area contributed by atoms with Crippen molar-refractivity contribution in [3.8, 4) is 0 Å². The van der Waals surface area contributed by atoms with Crippen molar-refractivity contribution in [1.29, 1.82) is 0 Å². The first-order chi connectivity index (χ1) is 9.65. The second-order valence-corrected chi connectivity index (χ2v) is 6.45. The maximum Gasteiger partial charge on any atom is 0.179 e. The Morgan fingerprint density at radius 2 is 2.15 bits per heavy atom. The van der Waals surface area contributed by atoms with Crippen LogP contribution >= 0.6 is 12.2 Å². The van der Waals surface area contributed by atoms with Gasteiger partial charge in [0.1, 0.15) is 5.52 Å². The van der Waals surface area contributed by atoms with Crippen LogP contribution in [0.2, 0.25) is 0 Å². The van der Waals surface area contributed by atoms with E-state index < -0.39 is 0 Å². The van der Waals surface area contributed by atoms with Crippen LogP contribution in [-0.2, 0) is 13.5 Å². The number of nitrogens with one attached hydrogen (secondary N) is 1. The smallest absolute Gasteiger partial charge is 0.179 e. The summed E-state index contributed by atoms with van der Waals surface area (Å²) < 4.78 is 5.18. The first kappa shape index (κ1) is 13.9. The lowest BCUT2D eigenvalue weighted by Crippen LogP contribution is -2.11. The molecule has 0 amide bonds. The minimum atomic E-state index is 0.508. The Balaban J connectivity index is 2.08. The van der Waals surface area contributed by atoms with E-state index in [1.807, 2.05) is 11.7 Å². The lowest BCUT2D eigenvalue weighted by Gasteiger charge is -2.17. The molecule has 110 valence electrons. The summed E-state index contributed by atoms with van der Waals surface area (Å²) in [4.78, 5) is 3.40. The molecule has 0 bridgehead atoms. The molecule has 1 atom stereocenters. The molecule has 2 aromatic heterocycles. The number of fused-ring (bicyclic) bond motifs is 1. The van der Waals surface area contributed by atoms with Crippen molar-refractivity contribution >= 4 is 23.4 Å². The summed E-state index contributed by atoms with van der Waals surface area (Å²) in [7, 11) is 2.03. The average Bonchev–Trinajstić information content (AvgIpc) is 3.10. The number of hydrogen-bond donors (Lipinski definition) is 1. The van der Waals surface area contributed by atoms with Crippen LogP contribution in [0.25, 0.3) is 11.2 Å². The summed E-state index contributed by atoms with van der Waals surface area (Å²) in [6, 6.07) is 0.508. The Labute approximate surface area is 125 Å². The van der Waals surface area contributed by atoms with Crippen molar-refractivity contribution in [2.45, 2.75) is 58.4 Å². The molecule has 0 spiro atoms. The maximum atomic E-state index is 5.59. The van der Waals surface area contributed by atoms with Gasteiger partial charge in [-0.25, -0.2) is 0 Å². The van der Waals surface area contributed by atoms with Gasteiger partial charge in [0.15, 0.2) is 10.4 Å². The molecule has 0 saturated heterocycles. The SMILES string of the molecule is CCCc1nn(C)c2c1[nH]c(=S)n2C(CC)CC1CC1. The van der Waals surface area contributed by atoms with Crippen LogP contribution in [0.1, 0.15) is 57.7 Å². The minimum Gasteiger partial charge on any atom is -0.328 e. The second-order valence-electron chi connectivity index (χ2n) is 6.06. The van der Waals surface area contributed by atoms with E-state index in [0.29, 0.717) is 6.04 Å². The zero-order valence-electron chi connectivity index (χ0n) is 12.6. The number of nitrogens with zero attached hydrogens (tertiary/aromatic N) is 3. The van der Waals surface area contributed by atoms with E-state index in [4.69, 9.17) is 12.2 Å². The van der Waals surface area contributed by atoms with Crippen molar-refractivity contribution in [2.75, 3.05) is 0 Å². The van der Waals surface area contributed by atoms with Crippen molar-refractivity contribution in [3.63, 3.8) is 0 Å². The summed E-state index contributed by atoms with van der Waals surface area (Å²) in [5, 5.41) is 4.67. The minimum absolute atomic E-state index is 0.508. The number of H-pyrrole nitrogens is 1. The van der Waals surface area contributed by atoms with Gasteiger partial charge in [-0.3, -0.25) is 9.25 Å². The number of aromatic nitrogens is 4. The number of hydrogen-bond acceptors (Lipinski definition) is 2. The number of imidazole rings is 1. The van der Waals surface area contributed by atoms with Crippen LogP contribution in [0.15, 0.2) is 0 Å². The summed E-state index contributed by atoms with van der Waals surface area (Å²) >= 11 is 5.59. The molecule has 1 unspecified atom stereocenters. The highest BCUT2D eigenvalue weighted by atomic mass is 32.1. The summed E-state index contributed by atoms with van der Waals surface area (Å²) in [6.07, 6.45) is 7.29. The maximum absolute atomic E-state index is 5.59. The molecule has 1 saturated carbocycles. The van der Waals surface area contributed by atoms with Crippen LogP contribution in [-0.4, -0.2) is 19.3 Å². The van der Waals surface area contributed by atoms with Gasteiger partial charge in [-0.2, -0.15) is 5.10 Å². The predicted molar refractivity (Wildman–Crippen MR) is 84.6 cm³/mol. The quantitative estimate of drug-likeness (QED) is 0.813. The third kappa shape index (κ3) is 2.32. The van der Waals surface area contributed by atoms with E-state index in [1.54, 1.807) is 0 Å². The molecule has 1 aliphatic rings. The van der Waals surface area contributed by atoms with E-state index >= 15 is 0 Å². The lowest BCUT2D eigenvalue weighted by molar-refractivity contribution is 0.428. The Morgan fingerprint density at radius 1 is 1.40 bits per heavy atom. The fraction of sp³-hybridized carbons (Fsp3) is 0.733. The molecule has 5 heteroatoms. The Morgan fingerprint density at radius 3 is 2.75 bits per heavy atom. The van der Waals surface area contributed by atoms with Crippen molar-refractivity contribution in [1.82, 2.24) is 19.3 Å². The molecule has 0 radical (unpaired) electrons. The normalized spacial score (nSPS) is 16.9. The lowest BCUT2D eigenvalue weighted by atomic mass is 10.1. The van der Waals surface area contributed by atoms with Crippen molar-refractivity contribution in [3.05, 3.63) is 10.5 Å². The topological polar surface area (TPSA) is 38.5 Å². The molecule has 3 rings (SSSR count). The summed E-state index contributed by atoms with van der Waals surface area (Å²) in [6.45, 7) is 4.45. The molecule has 20 heavy (non-hydrogen) atoms. The zero-order chi connectivity index (χ0) is 14.3. The van der Waals surface area contributed by atoms with Gasteiger partial charge < -0.3 is 4.98 Å². The number of aromatic amines is 1. The number of rotatable bonds is 6. The third-order valence-corrected chi connectivity index (χ3v) is 4.69. The van der Waals surface area contributed by atoms with Crippen LogP contribution in [0.3, 0.4) is 0 Å². The van der Waals surface area contributed by atoms with E-state index in [0.717, 1.165) is 41.2 Å². The number of aryl methyl sites for hydroxylation is 2. The first-order valence-corrected chi connectivity index (χ1v) is 8.22. The van der Waals surface area contributed by atoms with E-state index in [-0.39, 0.29) is 0 Å². The summed E-state index contributed by atoms with van der Waals surface area (Å²) in [5.74, 6) is 0.912. The molecular weight excluding hydrogens is 268 g/mol. The molecule has 0 aliphatic heterocycles. The largest absolute Gasteiger partial charge is 0.328 e. The van der Waals surface area contributed by atoms with E-state index in [2.05, 4.69) is 28.5 Å². The van der Waals surface area contributed by atoms with Crippen LogP contribution < -0.4 is 0 Å². The Hall–Kier alpha value is -1.10. The average molecular weight is 292 g/mol. The first-order valence-electron chi connectivity index (χ1n) is 7.81. The van der Waals surface area contributed by atoms with E-state index in [9.17, 15) is 0 Å². The van der Waals surface area contributed by atoms with Gasteiger partial charge in [0, 0.05) is 13.1 Å². The highest BCUT2D eigenvalue weighted by molar-refractivity contribution is 7.71. The van der Waals surface area contributed by atoms with Crippen molar-refractivity contribution < 1.29 is 0 Å². The molecule has 1 N–H and O–H groups in total. The van der Waals surface area contributed by atoms with Crippen LogP contribution in [0, 0.1) is 10.7 Å². The van der Waals surface area contributed by atoms with E-state index in [1.165, 1.54) is 24.9 Å². The molecule has 1 aliphatic carbocycles. The molecule has 1 fully saturated rings. The molecule has 2 aromatic rings. The van der Waals surface area contributed by atoms with Crippen LogP contribution in [0.5, 0.6) is 0 Å². The fourth-order valence-electron chi connectivity index (χ4n) is 3.18. The molecule has 4 nitrogen and oxygen atoms in total. The zero-order valence-corrected chi connectivity index (χ0v) is 13.5. The third-order valence-electron chi connectivity index (χ3n) is 4.39. The second kappa shape index (κ2) is 5.35. The van der Waals surface area contributed by atoms with Gasteiger partial charge in [0.25, 0.3) is 0 Å². The van der Waals surface area contributed by atoms with Gasteiger partial charge in [-0.05, 0) is 37.4 Å². The standard InChI is InChI=1S/C15H24N4S/c1-4-6-12-13-14(18(3)17-12)19(15(20)16-13)11(5-2)9-10-7-8-10/h10-11H,4-9H2,1-3H3,(H,16,20). The molecule has 0 aromatic carbocycles.